The first-order chi connectivity index (χ1) is 11.3. The molecule has 2 atom stereocenters. The van der Waals surface area contributed by atoms with Gasteiger partial charge in [-0.25, -0.2) is 4.79 Å². The quantitative estimate of drug-likeness (QED) is 0.495. The minimum absolute atomic E-state index is 0.0446. The molecule has 0 fully saturated rings. The van der Waals surface area contributed by atoms with Crippen LogP contribution in [-0.2, 0) is 25.5 Å². The van der Waals surface area contributed by atoms with E-state index in [1.165, 1.54) is 26.8 Å². The number of hydrogen-bond acceptors (Lipinski definition) is 7. The van der Waals surface area contributed by atoms with E-state index in [4.69, 9.17) is 14.1 Å². The molecule has 0 amide bonds. The van der Waals surface area contributed by atoms with Gasteiger partial charge in [0.15, 0.2) is 0 Å². The zero-order chi connectivity index (χ0) is 17.9. The van der Waals surface area contributed by atoms with Crippen molar-refractivity contribution in [3.05, 3.63) is 29.3 Å². The number of rotatable bonds is 5. The van der Waals surface area contributed by atoms with Crippen molar-refractivity contribution in [3.8, 4) is 5.75 Å². The van der Waals surface area contributed by atoms with Crippen molar-refractivity contribution >= 4 is 24.8 Å². The van der Waals surface area contributed by atoms with Crippen LogP contribution in [0.15, 0.2) is 18.2 Å². The topological polar surface area (TPSA) is 99.1 Å². The Kier molecular flexibility index (Phi) is 5.61. The number of hydrogen-bond donors (Lipinski definition) is 1. The predicted molar refractivity (Wildman–Crippen MR) is 84.4 cm³/mol. The smallest absolute Gasteiger partial charge is 0.526 e. The van der Waals surface area contributed by atoms with Crippen molar-refractivity contribution in [3.63, 3.8) is 0 Å². The molecule has 1 heterocycles. The van der Waals surface area contributed by atoms with Crippen LogP contribution >= 0.6 is 0 Å². The summed E-state index contributed by atoms with van der Waals surface area (Å²) in [5.41, 5.74) is 0.841. The first-order valence-corrected chi connectivity index (χ1v) is 7.62. The number of esters is 2. The van der Waals surface area contributed by atoms with Crippen molar-refractivity contribution < 1.29 is 33.5 Å². The summed E-state index contributed by atoms with van der Waals surface area (Å²) in [7, 11) is -1.18. The number of para-hydroxylation sites is 1. The third-order valence-corrected chi connectivity index (χ3v) is 3.60. The van der Waals surface area contributed by atoms with E-state index >= 15 is 0 Å². The maximum absolute atomic E-state index is 12.2. The molecular formula is C16H19BO7. The van der Waals surface area contributed by atoms with Crippen LogP contribution in [0.2, 0.25) is 5.82 Å². The fraction of sp³-hybridized carbons (Fsp3) is 0.438. The zero-order valence-corrected chi connectivity index (χ0v) is 13.8. The van der Waals surface area contributed by atoms with E-state index < -0.39 is 25.3 Å². The van der Waals surface area contributed by atoms with Crippen molar-refractivity contribution in [1.29, 1.82) is 0 Å². The molecule has 0 aromatic heterocycles. The summed E-state index contributed by atoms with van der Waals surface area (Å²) in [6.07, 6.45) is -0.431. The number of ketones is 1. The van der Waals surface area contributed by atoms with Crippen LogP contribution in [0.3, 0.4) is 0 Å². The summed E-state index contributed by atoms with van der Waals surface area (Å²) >= 11 is 0. The highest BCUT2D eigenvalue weighted by Crippen LogP contribution is 2.36. The highest BCUT2D eigenvalue weighted by molar-refractivity contribution is 6.46. The van der Waals surface area contributed by atoms with Gasteiger partial charge in [-0.15, -0.1) is 0 Å². The summed E-state index contributed by atoms with van der Waals surface area (Å²) in [5.74, 6) is -1.47. The lowest BCUT2D eigenvalue weighted by Gasteiger charge is -2.28. The third kappa shape index (κ3) is 4.35. The zero-order valence-electron chi connectivity index (χ0n) is 13.8. The van der Waals surface area contributed by atoms with E-state index in [2.05, 4.69) is 0 Å². The molecule has 7 nitrogen and oxygen atoms in total. The average molecular weight is 334 g/mol. The van der Waals surface area contributed by atoms with Crippen LogP contribution in [0.5, 0.6) is 5.75 Å². The van der Waals surface area contributed by atoms with Crippen LogP contribution in [-0.4, -0.2) is 36.2 Å². The van der Waals surface area contributed by atoms with Crippen molar-refractivity contribution in [1.82, 2.24) is 0 Å². The second kappa shape index (κ2) is 7.48. The maximum Gasteiger partial charge on any atom is 0.526 e. The normalized spacial score (nSPS) is 17.3. The van der Waals surface area contributed by atoms with Gasteiger partial charge in [0.25, 0.3) is 0 Å². The maximum atomic E-state index is 12.2. The minimum atomic E-state index is -1.18. The van der Waals surface area contributed by atoms with Crippen molar-refractivity contribution in [2.45, 2.75) is 45.7 Å². The van der Waals surface area contributed by atoms with Crippen LogP contribution in [0, 0.1) is 0 Å². The molecule has 1 aromatic rings. The molecule has 1 N–H and O–H groups in total. The second-order valence-corrected chi connectivity index (χ2v) is 5.75. The molecule has 0 spiro atoms. The Morgan fingerprint density at radius 1 is 1.33 bits per heavy atom. The van der Waals surface area contributed by atoms with Gasteiger partial charge >= 0.3 is 19.1 Å². The Bertz CT molecular complexity index is 658. The van der Waals surface area contributed by atoms with Gasteiger partial charge in [-0.1, -0.05) is 12.1 Å². The number of ether oxygens (including phenoxy) is 2. The van der Waals surface area contributed by atoms with E-state index in [0.29, 0.717) is 12.0 Å². The Labute approximate surface area is 140 Å². The number of carbonyl (C=O) groups is 3. The third-order valence-electron chi connectivity index (χ3n) is 3.60. The van der Waals surface area contributed by atoms with Crippen molar-refractivity contribution in [2.75, 3.05) is 0 Å². The van der Waals surface area contributed by atoms with Gasteiger partial charge in [-0.05, 0) is 25.0 Å². The first kappa shape index (κ1) is 18.0. The highest BCUT2D eigenvalue weighted by atomic mass is 16.7. The van der Waals surface area contributed by atoms with Crippen LogP contribution < -0.4 is 4.65 Å². The summed E-state index contributed by atoms with van der Waals surface area (Å²) in [5, 5.41) is 10.1. The molecule has 0 radical (unpaired) electrons. The second-order valence-electron chi connectivity index (χ2n) is 5.75. The highest BCUT2D eigenvalue weighted by Gasteiger charge is 2.37. The molecular weight excluding hydrogens is 315 g/mol. The van der Waals surface area contributed by atoms with Gasteiger partial charge in [0, 0.05) is 26.1 Å². The Hall–Kier alpha value is -2.35. The van der Waals surface area contributed by atoms with E-state index in [1.54, 1.807) is 12.1 Å². The van der Waals surface area contributed by atoms with Crippen molar-refractivity contribution in [2.24, 2.45) is 0 Å². The lowest BCUT2D eigenvalue weighted by molar-refractivity contribution is -0.162. The molecule has 128 valence electrons. The van der Waals surface area contributed by atoms with Gasteiger partial charge < -0.3 is 23.9 Å². The summed E-state index contributed by atoms with van der Waals surface area (Å²) in [4.78, 5) is 34.4. The fourth-order valence-corrected chi connectivity index (χ4v) is 2.66. The van der Waals surface area contributed by atoms with E-state index in [-0.39, 0.29) is 29.3 Å². The molecule has 0 saturated heterocycles. The van der Waals surface area contributed by atoms with Gasteiger partial charge in [-0.2, -0.15) is 0 Å². The Morgan fingerprint density at radius 3 is 2.67 bits per heavy atom. The molecule has 24 heavy (non-hydrogen) atoms. The molecule has 0 saturated carbocycles. The Balaban J connectivity index is 2.19. The van der Waals surface area contributed by atoms with Crippen LogP contribution in [0.1, 0.15) is 43.1 Å². The molecule has 1 aromatic carbocycles. The summed E-state index contributed by atoms with van der Waals surface area (Å²) < 4.78 is 15.3. The number of Topliss-reactive ketones (excluding diaryl/α,β-unsaturated/α-hetero) is 1. The fourth-order valence-electron chi connectivity index (χ4n) is 2.66. The first-order valence-electron chi connectivity index (χ1n) is 7.62. The predicted octanol–water partition coefficient (Wildman–Crippen LogP) is 1.52. The van der Waals surface area contributed by atoms with Gasteiger partial charge in [0.2, 0.25) is 6.29 Å². The standard InChI is InChI=1S/C16H19BO7/c1-9(18)7-13-8-12-5-4-6-14(15(12)24-17(13)21)16(20)23-11(3)22-10(2)19/h4-6,11,13,21H,7-8H2,1-3H3/t11?,13-/m0/s1. The monoisotopic (exact) mass is 334 g/mol. The molecule has 1 unspecified atom stereocenters. The molecule has 1 aliphatic rings. The van der Waals surface area contributed by atoms with Gasteiger partial charge in [0.1, 0.15) is 17.1 Å². The van der Waals surface area contributed by atoms with Crippen LogP contribution in [0.25, 0.3) is 0 Å². The van der Waals surface area contributed by atoms with E-state index in [1.807, 2.05) is 0 Å². The average Bonchev–Trinajstić information content (AvgIpc) is 2.45. The lowest BCUT2D eigenvalue weighted by atomic mass is 9.64. The van der Waals surface area contributed by atoms with Gasteiger partial charge in [-0.3, -0.25) is 4.79 Å². The Morgan fingerprint density at radius 2 is 2.04 bits per heavy atom. The van der Waals surface area contributed by atoms with E-state index in [0.717, 1.165) is 0 Å². The SMILES string of the molecule is CC(=O)C[C@H]1Cc2cccc(C(=O)OC(C)OC(C)=O)c2OB1O. The molecule has 0 aliphatic carbocycles. The molecule has 0 bridgehead atoms. The van der Waals surface area contributed by atoms with Gasteiger partial charge in [0.05, 0.1) is 0 Å². The number of benzene rings is 1. The largest absolute Gasteiger partial charge is 0.535 e. The minimum Gasteiger partial charge on any atom is -0.535 e. The lowest BCUT2D eigenvalue weighted by Crippen LogP contribution is -2.35. The number of fused-ring (bicyclic) bond motifs is 1. The summed E-state index contributed by atoms with van der Waals surface area (Å²) in [6, 6.07) is 4.93. The molecule has 2 rings (SSSR count). The van der Waals surface area contributed by atoms with Crippen LogP contribution in [0.4, 0.5) is 0 Å². The summed E-state index contributed by atoms with van der Waals surface area (Å²) in [6.45, 7) is 4.09. The molecule has 8 heteroatoms. The number of carbonyl (C=O) groups excluding carboxylic acids is 3. The molecule has 1 aliphatic heterocycles. The van der Waals surface area contributed by atoms with E-state index in [9.17, 15) is 19.4 Å².